The van der Waals surface area contributed by atoms with Crippen molar-refractivity contribution in [2.45, 2.75) is 32.2 Å². The van der Waals surface area contributed by atoms with Crippen molar-refractivity contribution in [1.82, 2.24) is 4.90 Å². The number of hydrogen-bond donors (Lipinski definition) is 0. The van der Waals surface area contributed by atoms with Crippen LogP contribution in [0.15, 0.2) is 0 Å². The van der Waals surface area contributed by atoms with E-state index in [1.165, 1.54) is 12.2 Å². The van der Waals surface area contributed by atoms with Gasteiger partial charge in [0.05, 0.1) is 13.2 Å². The molecule has 1 aliphatic rings. The van der Waals surface area contributed by atoms with Crippen LogP contribution in [0.25, 0.3) is 0 Å². The first-order valence-corrected chi connectivity index (χ1v) is 6.83. The van der Waals surface area contributed by atoms with E-state index in [2.05, 4.69) is 11.8 Å². The van der Waals surface area contributed by atoms with Crippen molar-refractivity contribution in [3.63, 3.8) is 0 Å². The summed E-state index contributed by atoms with van der Waals surface area (Å²) in [6.45, 7) is 3.10. The molecule has 0 bridgehead atoms. The zero-order valence-electron chi connectivity index (χ0n) is 9.70. The highest BCUT2D eigenvalue weighted by Crippen LogP contribution is 2.20. The minimum Gasteiger partial charge on any atom is -0.465 e. The molecule has 1 rings (SSSR count). The van der Waals surface area contributed by atoms with E-state index in [1.807, 2.05) is 18.8 Å². The molecule has 0 aromatic rings. The van der Waals surface area contributed by atoms with E-state index in [0.29, 0.717) is 19.2 Å². The molecule has 0 amide bonds. The van der Waals surface area contributed by atoms with Gasteiger partial charge < -0.3 is 4.74 Å². The molecular formula is C11H21NO2S. The van der Waals surface area contributed by atoms with Crippen molar-refractivity contribution in [1.29, 1.82) is 0 Å². The number of thioether (sulfide) groups is 1. The summed E-state index contributed by atoms with van der Waals surface area (Å²) in [5.74, 6) is 2.29. The van der Waals surface area contributed by atoms with Crippen LogP contribution in [0.1, 0.15) is 26.2 Å². The molecule has 0 saturated carbocycles. The number of hydrogen-bond acceptors (Lipinski definition) is 4. The maximum atomic E-state index is 11.4. The Hall–Kier alpha value is -0.220. The third-order valence-electron chi connectivity index (χ3n) is 2.67. The first kappa shape index (κ1) is 12.8. The molecule has 4 heteroatoms. The van der Waals surface area contributed by atoms with Crippen LogP contribution in [-0.2, 0) is 9.53 Å². The molecule has 88 valence electrons. The smallest absolute Gasteiger partial charge is 0.320 e. The summed E-state index contributed by atoms with van der Waals surface area (Å²) in [5, 5.41) is 0. The Morgan fingerprint density at radius 2 is 2.40 bits per heavy atom. The van der Waals surface area contributed by atoms with E-state index in [1.54, 1.807) is 0 Å². The maximum absolute atomic E-state index is 11.4. The van der Waals surface area contributed by atoms with Gasteiger partial charge in [0.25, 0.3) is 0 Å². The molecule has 1 heterocycles. The maximum Gasteiger partial charge on any atom is 0.320 e. The van der Waals surface area contributed by atoms with E-state index < -0.39 is 0 Å². The largest absolute Gasteiger partial charge is 0.465 e. The Kier molecular flexibility index (Phi) is 6.10. The molecular weight excluding hydrogens is 210 g/mol. The lowest BCUT2D eigenvalue weighted by molar-refractivity contribution is -0.145. The van der Waals surface area contributed by atoms with Crippen molar-refractivity contribution < 1.29 is 9.53 Å². The number of ether oxygens (including phenoxy) is 1. The quantitative estimate of drug-likeness (QED) is 0.515. The lowest BCUT2D eigenvalue weighted by Gasteiger charge is -2.22. The topological polar surface area (TPSA) is 29.5 Å². The van der Waals surface area contributed by atoms with Gasteiger partial charge in [0, 0.05) is 11.8 Å². The number of esters is 1. The standard InChI is InChI=1S/C11H21NO2S/c1-3-4-6-14-11(13)8-12(2)10-5-7-15-9-10/h10H,3-9H2,1-2H3. The van der Waals surface area contributed by atoms with Crippen LogP contribution in [0.4, 0.5) is 0 Å². The second-order valence-corrected chi connectivity index (χ2v) is 5.16. The number of carbonyl (C=O) groups is 1. The summed E-state index contributed by atoms with van der Waals surface area (Å²) in [4.78, 5) is 13.5. The van der Waals surface area contributed by atoms with E-state index in [-0.39, 0.29) is 5.97 Å². The van der Waals surface area contributed by atoms with E-state index in [4.69, 9.17) is 4.74 Å². The summed E-state index contributed by atoms with van der Waals surface area (Å²) in [6.07, 6.45) is 3.24. The summed E-state index contributed by atoms with van der Waals surface area (Å²) in [7, 11) is 2.01. The predicted molar refractivity (Wildman–Crippen MR) is 64.2 cm³/mol. The first-order chi connectivity index (χ1) is 7.24. The molecule has 0 N–H and O–H groups in total. The predicted octanol–water partition coefficient (Wildman–Crippen LogP) is 1.77. The van der Waals surface area contributed by atoms with Gasteiger partial charge in [-0.15, -0.1) is 0 Å². The molecule has 1 unspecified atom stereocenters. The number of unbranched alkanes of at least 4 members (excludes halogenated alkanes) is 1. The highest BCUT2D eigenvalue weighted by Gasteiger charge is 2.21. The summed E-state index contributed by atoms with van der Waals surface area (Å²) in [6, 6.07) is 0.564. The van der Waals surface area contributed by atoms with Gasteiger partial charge in [-0.1, -0.05) is 13.3 Å². The van der Waals surface area contributed by atoms with E-state index in [0.717, 1.165) is 18.6 Å². The number of nitrogens with zero attached hydrogens (tertiary/aromatic N) is 1. The van der Waals surface area contributed by atoms with Gasteiger partial charge >= 0.3 is 5.97 Å². The van der Waals surface area contributed by atoms with Gasteiger partial charge in [-0.3, -0.25) is 9.69 Å². The number of likely N-dealkylation sites (N-methyl/N-ethyl adjacent to an activating group) is 1. The third kappa shape index (κ3) is 4.89. The second kappa shape index (κ2) is 7.12. The third-order valence-corrected chi connectivity index (χ3v) is 3.81. The van der Waals surface area contributed by atoms with Crippen LogP contribution in [0.5, 0.6) is 0 Å². The Balaban J connectivity index is 2.13. The van der Waals surface area contributed by atoms with Crippen LogP contribution in [0, 0.1) is 0 Å². The molecule has 15 heavy (non-hydrogen) atoms. The highest BCUT2D eigenvalue weighted by atomic mass is 32.2. The van der Waals surface area contributed by atoms with Crippen LogP contribution >= 0.6 is 11.8 Å². The second-order valence-electron chi connectivity index (χ2n) is 4.01. The molecule has 0 radical (unpaired) electrons. The molecule has 1 aliphatic heterocycles. The molecule has 0 aromatic heterocycles. The Labute approximate surface area is 96.5 Å². The van der Waals surface area contributed by atoms with E-state index >= 15 is 0 Å². The summed E-state index contributed by atoms with van der Waals surface area (Å²) < 4.78 is 5.13. The van der Waals surface area contributed by atoms with Gasteiger partial charge in [0.15, 0.2) is 0 Å². The number of rotatable bonds is 6. The monoisotopic (exact) mass is 231 g/mol. The fraction of sp³-hybridized carbons (Fsp3) is 0.909. The average Bonchev–Trinajstić information content (AvgIpc) is 2.70. The van der Waals surface area contributed by atoms with Crippen molar-refractivity contribution in [2.24, 2.45) is 0 Å². The van der Waals surface area contributed by atoms with Crippen LogP contribution in [0.3, 0.4) is 0 Å². The van der Waals surface area contributed by atoms with Crippen molar-refractivity contribution in [3.05, 3.63) is 0 Å². The van der Waals surface area contributed by atoms with Crippen LogP contribution in [-0.4, -0.2) is 48.6 Å². The van der Waals surface area contributed by atoms with Crippen LogP contribution in [0.2, 0.25) is 0 Å². The molecule has 1 atom stereocenters. The van der Waals surface area contributed by atoms with E-state index in [9.17, 15) is 4.79 Å². The van der Waals surface area contributed by atoms with Gasteiger partial charge in [-0.2, -0.15) is 11.8 Å². The SMILES string of the molecule is CCCCOC(=O)CN(C)C1CCSC1. The molecule has 3 nitrogen and oxygen atoms in total. The Morgan fingerprint density at radius 1 is 1.60 bits per heavy atom. The highest BCUT2D eigenvalue weighted by molar-refractivity contribution is 7.99. The van der Waals surface area contributed by atoms with Crippen molar-refractivity contribution in [2.75, 3.05) is 31.7 Å². The fourth-order valence-electron chi connectivity index (χ4n) is 1.58. The number of carbonyl (C=O) groups excluding carboxylic acids is 1. The summed E-state index contributed by atoms with van der Waals surface area (Å²) >= 11 is 1.97. The Bertz CT molecular complexity index is 193. The minimum atomic E-state index is -0.0807. The zero-order chi connectivity index (χ0) is 11.1. The molecule has 1 fully saturated rings. The van der Waals surface area contributed by atoms with Crippen molar-refractivity contribution >= 4 is 17.7 Å². The van der Waals surface area contributed by atoms with Gasteiger partial charge in [-0.25, -0.2) is 0 Å². The lowest BCUT2D eigenvalue weighted by Crippen LogP contribution is -2.36. The van der Waals surface area contributed by atoms with Crippen molar-refractivity contribution in [3.8, 4) is 0 Å². The van der Waals surface area contributed by atoms with Gasteiger partial charge in [-0.05, 0) is 25.6 Å². The normalized spacial score (nSPS) is 20.9. The average molecular weight is 231 g/mol. The first-order valence-electron chi connectivity index (χ1n) is 5.67. The Morgan fingerprint density at radius 3 is 3.00 bits per heavy atom. The molecule has 0 aliphatic carbocycles. The molecule has 1 saturated heterocycles. The lowest BCUT2D eigenvalue weighted by atomic mass is 10.2. The molecule has 0 spiro atoms. The van der Waals surface area contributed by atoms with Gasteiger partial charge in [0.2, 0.25) is 0 Å². The minimum absolute atomic E-state index is 0.0807. The summed E-state index contributed by atoms with van der Waals surface area (Å²) in [5.41, 5.74) is 0. The molecule has 0 aromatic carbocycles. The fourth-order valence-corrected chi connectivity index (χ4v) is 2.88. The van der Waals surface area contributed by atoms with Crippen LogP contribution < -0.4 is 0 Å². The zero-order valence-corrected chi connectivity index (χ0v) is 10.5. The van der Waals surface area contributed by atoms with Gasteiger partial charge in [0.1, 0.15) is 0 Å².